The van der Waals surface area contributed by atoms with Crippen LogP contribution < -0.4 is 10.6 Å². The van der Waals surface area contributed by atoms with Crippen LogP contribution in [0.4, 0.5) is 5.69 Å². The fourth-order valence-electron chi connectivity index (χ4n) is 1.56. The number of aliphatic carboxylic acids is 1. The van der Waals surface area contributed by atoms with E-state index in [1.165, 1.54) is 17.1 Å². The molecule has 0 radical (unpaired) electrons. The molecule has 0 aliphatic heterocycles. The van der Waals surface area contributed by atoms with Crippen LogP contribution in [0.2, 0.25) is 0 Å². The van der Waals surface area contributed by atoms with Crippen molar-refractivity contribution in [2.45, 2.75) is 32.9 Å². The van der Waals surface area contributed by atoms with E-state index in [0.29, 0.717) is 12.1 Å². The van der Waals surface area contributed by atoms with E-state index in [9.17, 15) is 9.59 Å². The van der Waals surface area contributed by atoms with Crippen LogP contribution in [-0.2, 0) is 16.1 Å². The van der Waals surface area contributed by atoms with Crippen molar-refractivity contribution in [2.75, 3.05) is 11.9 Å². The molecule has 7 nitrogen and oxygen atoms in total. The number of carbonyl (C=O) groups is 2. The van der Waals surface area contributed by atoms with Gasteiger partial charge in [0.1, 0.15) is 6.54 Å². The Morgan fingerprint density at radius 1 is 1.56 bits per heavy atom. The van der Waals surface area contributed by atoms with Crippen LogP contribution in [0.15, 0.2) is 12.4 Å². The number of nitrogens with zero attached hydrogens (tertiary/aromatic N) is 2. The van der Waals surface area contributed by atoms with Gasteiger partial charge in [-0.2, -0.15) is 5.10 Å². The molecule has 0 saturated carbocycles. The number of hydrogen-bond donors (Lipinski definition) is 3. The lowest BCUT2D eigenvalue weighted by Crippen LogP contribution is -2.30. The minimum atomic E-state index is -0.975. The summed E-state index contributed by atoms with van der Waals surface area (Å²) in [5.74, 6) is -1.10. The van der Waals surface area contributed by atoms with Crippen molar-refractivity contribution in [1.82, 2.24) is 15.1 Å². The van der Waals surface area contributed by atoms with Gasteiger partial charge in [0.25, 0.3) is 0 Å². The van der Waals surface area contributed by atoms with Crippen LogP contribution in [0.25, 0.3) is 0 Å². The summed E-state index contributed by atoms with van der Waals surface area (Å²) < 4.78 is 1.26. The molecular weight excluding hydrogens is 236 g/mol. The summed E-state index contributed by atoms with van der Waals surface area (Å²) in [6.45, 7) is 4.50. The summed E-state index contributed by atoms with van der Waals surface area (Å²) in [5.41, 5.74) is 0.505. The maximum Gasteiger partial charge on any atom is 0.325 e. The van der Waals surface area contributed by atoms with Crippen LogP contribution >= 0.6 is 0 Å². The molecule has 0 aliphatic rings. The molecule has 1 rings (SSSR count). The van der Waals surface area contributed by atoms with Crippen molar-refractivity contribution in [3.8, 4) is 0 Å². The molecule has 100 valence electrons. The van der Waals surface area contributed by atoms with Gasteiger partial charge in [-0.15, -0.1) is 0 Å². The van der Waals surface area contributed by atoms with E-state index in [-0.39, 0.29) is 18.5 Å². The van der Waals surface area contributed by atoms with Crippen LogP contribution in [-0.4, -0.2) is 39.4 Å². The van der Waals surface area contributed by atoms with Gasteiger partial charge in [0.15, 0.2) is 0 Å². The number of carbonyl (C=O) groups excluding carboxylic acids is 1. The largest absolute Gasteiger partial charge is 0.480 e. The van der Waals surface area contributed by atoms with E-state index in [1.54, 1.807) is 0 Å². The quantitative estimate of drug-likeness (QED) is 0.650. The highest BCUT2D eigenvalue weighted by molar-refractivity contribution is 5.90. The zero-order chi connectivity index (χ0) is 13.5. The van der Waals surface area contributed by atoms with Gasteiger partial charge in [-0.05, 0) is 13.5 Å². The molecule has 1 aromatic heterocycles. The zero-order valence-electron chi connectivity index (χ0n) is 10.5. The normalized spacial score (nSPS) is 12.1. The topological polar surface area (TPSA) is 96.3 Å². The molecule has 0 bridgehead atoms. The summed E-state index contributed by atoms with van der Waals surface area (Å²) in [4.78, 5) is 22.1. The molecule has 1 aromatic rings. The fraction of sp³-hybridized carbons (Fsp3) is 0.545. The minimum absolute atomic E-state index is 0.101. The van der Waals surface area contributed by atoms with Crippen LogP contribution in [0.3, 0.4) is 0 Å². The third-order valence-corrected chi connectivity index (χ3v) is 2.26. The van der Waals surface area contributed by atoms with Gasteiger partial charge in [-0.3, -0.25) is 14.3 Å². The second kappa shape index (κ2) is 6.75. The molecule has 0 fully saturated rings. The average molecular weight is 254 g/mol. The number of carboxylic acids is 1. The first-order valence-corrected chi connectivity index (χ1v) is 5.78. The van der Waals surface area contributed by atoms with Crippen molar-refractivity contribution in [3.63, 3.8) is 0 Å². The number of rotatable bonds is 7. The van der Waals surface area contributed by atoms with Gasteiger partial charge >= 0.3 is 5.97 Å². The van der Waals surface area contributed by atoms with Crippen molar-refractivity contribution in [3.05, 3.63) is 12.4 Å². The van der Waals surface area contributed by atoms with Crippen molar-refractivity contribution in [2.24, 2.45) is 0 Å². The first-order chi connectivity index (χ1) is 8.51. The average Bonchev–Trinajstić information content (AvgIpc) is 2.64. The monoisotopic (exact) mass is 254 g/mol. The van der Waals surface area contributed by atoms with E-state index in [4.69, 9.17) is 5.11 Å². The summed E-state index contributed by atoms with van der Waals surface area (Å²) in [7, 11) is 0. The van der Waals surface area contributed by atoms with Gasteiger partial charge in [0.05, 0.1) is 11.9 Å². The number of nitrogens with one attached hydrogen (secondary N) is 2. The van der Waals surface area contributed by atoms with Crippen LogP contribution in [0, 0.1) is 0 Å². The molecule has 0 saturated heterocycles. The third-order valence-electron chi connectivity index (χ3n) is 2.26. The lowest BCUT2D eigenvalue weighted by Gasteiger charge is -2.11. The van der Waals surface area contributed by atoms with Crippen molar-refractivity contribution < 1.29 is 14.7 Å². The lowest BCUT2D eigenvalue weighted by atomic mass is 10.2. The number of aromatic nitrogens is 2. The Morgan fingerprint density at radius 3 is 2.89 bits per heavy atom. The first-order valence-electron chi connectivity index (χ1n) is 5.78. The maximum atomic E-state index is 11.6. The molecule has 3 N–H and O–H groups in total. The molecule has 1 amide bonds. The molecule has 7 heteroatoms. The van der Waals surface area contributed by atoms with Gasteiger partial charge in [-0.25, -0.2) is 0 Å². The second-order valence-electron chi connectivity index (χ2n) is 4.03. The van der Waals surface area contributed by atoms with E-state index in [0.717, 1.165) is 6.54 Å². The third kappa shape index (κ3) is 4.96. The Labute approximate surface area is 105 Å². The predicted octanol–water partition coefficient (Wildman–Crippen LogP) is 0.294. The summed E-state index contributed by atoms with van der Waals surface area (Å²) in [6.07, 6.45) is 3.28. The van der Waals surface area contributed by atoms with Gasteiger partial charge in [0, 0.05) is 18.7 Å². The molecule has 0 spiro atoms. The summed E-state index contributed by atoms with van der Waals surface area (Å²) in [5, 5.41) is 18.2. The molecule has 0 aromatic carbocycles. The van der Waals surface area contributed by atoms with Crippen molar-refractivity contribution >= 4 is 17.6 Å². The fourth-order valence-corrected chi connectivity index (χ4v) is 1.56. The lowest BCUT2D eigenvalue weighted by molar-refractivity contribution is -0.137. The number of amides is 1. The van der Waals surface area contributed by atoms with E-state index < -0.39 is 5.97 Å². The minimum Gasteiger partial charge on any atom is -0.480 e. The Bertz CT molecular complexity index is 416. The highest BCUT2D eigenvalue weighted by atomic mass is 16.4. The number of anilines is 1. The van der Waals surface area contributed by atoms with E-state index >= 15 is 0 Å². The molecule has 1 heterocycles. The Hall–Kier alpha value is -1.89. The molecular formula is C11H18N4O3. The van der Waals surface area contributed by atoms with Gasteiger partial charge in [0.2, 0.25) is 5.91 Å². The smallest absolute Gasteiger partial charge is 0.325 e. The predicted molar refractivity (Wildman–Crippen MR) is 66.2 cm³/mol. The van der Waals surface area contributed by atoms with Gasteiger partial charge < -0.3 is 15.7 Å². The Morgan fingerprint density at radius 2 is 2.28 bits per heavy atom. The SMILES string of the molecule is CCNC(C)CC(=O)Nc1cnn(CC(=O)O)c1. The molecule has 1 atom stereocenters. The summed E-state index contributed by atoms with van der Waals surface area (Å²) in [6, 6.07) is 0.101. The number of hydrogen-bond acceptors (Lipinski definition) is 4. The molecule has 1 unspecified atom stereocenters. The summed E-state index contributed by atoms with van der Waals surface area (Å²) >= 11 is 0. The number of carboxylic acid groups (broad SMARTS) is 1. The van der Waals surface area contributed by atoms with E-state index in [2.05, 4.69) is 15.7 Å². The second-order valence-corrected chi connectivity index (χ2v) is 4.03. The first kappa shape index (κ1) is 14.2. The van der Waals surface area contributed by atoms with E-state index in [1.807, 2.05) is 13.8 Å². The highest BCUT2D eigenvalue weighted by Gasteiger charge is 2.09. The Kier molecular flexibility index (Phi) is 5.31. The van der Waals surface area contributed by atoms with Gasteiger partial charge in [-0.1, -0.05) is 6.92 Å². The van der Waals surface area contributed by atoms with Crippen molar-refractivity contribution in [1.29, 1.82) is 0 Å². The van der Waals surface area contributed by atoms with Crippen LogP contribution in [0.1, 0.15) is 20.3 Å². The van der Waals surface area contributed by atoms with Crippen LogP contribution in [0.5, 0.6) is 0 Å². The zero-order valence-corrected chi connectivity index (χ0v) is 10.5. The molecule has 18 heavy (non-hydrogen) atoms. The Balaban J connectivity index is 2.44. The molecule has 0 aliphatic carbocycles. The highest BCUT2D eigenvalue weighted by Crippen LogP contribution is 2.06. The maximum absolute atomic E-state index is 11.6. The standard InChI is InChI=1S/C11H18N4O3/c1-3-12-8(2)4-10(16)14-9-5-13-15(6-9)7-11(17)18/h5-6,8,12H,3-4,7H2,1-2H3,(H,14,16)(H,17,18).